The molecule has 1 aromatic heterocycles. The van der Waals surface area contributed by atoms with E-state index in [0.717, 1.165) is 37.7 Å². The Hall–Kier alpha value is -2.36. The first kappa shape index (κ1) is 15.9. The molecule has 2 saturated carbocycles. The number of aromatic nitrogens is 1. The normalized spacial score (nSPS) is 20.3. The van der Waals surface area contributed by atoms with Crippen molar-refractivity contribution < 1.29 is 4.79 Å². The molecule has 2 aliphatic carbocycles. The summed E-state index contributed by atoms with van der Waals surface area (Å²) in [7, 11) is 0. The Bertz CT molecular complexity index is 803. The third-order valence-corrected chi connectivity index (χ3v) is 5.87. The quantitative estimate of drug-likeness (QED) is 0.844. The minimum absolute atomic E-state index is 0.143. The van der Waals surface area contributed by atoms with Gasteiger partial charge in [0.2, 0.25) is 0 Å². The lowest BCUT2D eigenvalue weighted by molar-refractivity contribution is 0.0746. The molecule has 0 N–H and O–H groups in total. The summed E-state index contributed by atoms with van der Waals surface area (Å²) in [6, 6.07) is 12.0. The summed E-state index contributed by atoms with van der Waals surface area (Å²) in [6.07, 6.45) is 7.35. The maximum Gasteiger partial charge on any atom is 0.253 e. The first-order chi connectivity index (χ1) is 12.8. The number of carbonyl (C=O) groups is 1. The van der Waals surface area contributed by atoms with Gasteiger partial charge in [-0.15, -0.1) is 0 Å². The molecule has 0 atom stereocenters. The third-order valence-electron chi connectivity index (χ3n) is 5.87. The van der Waals surface area contributed by atoms with Crippen molar-refractivity contribution in [1.82, 2.24) is 9.88 Å². The molecule has 4 nitrogen and oxygen atoms in total. The van der Waals surface area contributed by atoms with Crippen molar-refractivity contribution in [2.45, 2.75) is 37.5 Å². The topological polar surface area (TPSA) is 36.4 Å². The highest BCUT2D eigenvalue weighted by atomic mass is 16.2. The fourth-order valence-electron chi connectivity index (χ4n) is 3.98. The van der Waals surface area contributed by atoms with Crippen LogP contribution in [0.15, 0.2) is 42.6 Å². The van der Waals surface area contributed by atoms with Gasteiger partial charge in [0.15, 0.2) is 0 Å². The molecule has 1 amide bonds. The summed E-state index contributed by atoms with van der Waals surface area (Å²) in [5.41, 5.74) is 3.68. The van der Waals surface area contributed by atoms with Crippen LogP contribution in [0.25, 0.3) is 0 Å². The van der Waals surface area contributed by atoms with E-state index >= 15 is 0 Å². The second kappa shape index (κ2) is 6.42. The number of carbonyl (C=O) groups excluding carboxylic acids is 1. The van der Waals surface area contributed by atoms with Gasteiger partial charge in [-0.25, -0.2) is 4.98 Å². The van der Waals surface area contributed by atoms with Gasteiger partial charge in [-0.2, -0.15) is 0 Å². The Morgan fingerprint density at radius 3 is 2.27 bits per heavy atom. The molecule has 1 aliphatic heterocycles. The van der Waals surface area contributed by atoms with E-state index in [-0.39, 0.29) is 5.91 Å². The highest BCUT2D eigenvalue weighted by Gasteiger charge is 2.33. The Morgan fingerprint density at radius 1 is 0.923 bits per heavy atom. The lowest BCUT2D eigenvalue weighted by atomic mass is 10.1. The van der Waals surface area contributed by atoms with Crippen molar-refractivity contribution in [3.05, 3.63) is 59.3 Å². The summed E-state index contributed by atoms with van der Waals surface area (Å²) in [4.78, 5) is 21.9. The van der Waals surface area contributed by atoms with Crippen molar-refractivity contribution in [3.63, 3.8) is 0 Å². The fourth-order valence-corrected chi connectivity index (χ4v) is 3.98. The van der Waals surface area contributed by atoms with Crippen LogP contribution in [-0.2, 0) is 0 Å². The maximum absolute atomic E-state index is 12.6. The van der Waals surface area contributed by atoms with Gasteiger partial charge in [0, 0.05) is 37.9 Å². The molecular weight excluding hydrogens is 322 g/mol. The number of amides is 1. The minimum atomic E-state index is 0.143. The number of rotatable bonds is 4. The number of nitrogens with zero attached hydrogens (tertiary/aromatic N) is 3. The minimum Gasteiger partial charge on any atom is -0.353 e. The van der Waals surface area contributed by atoms with Crippen LogP contribution in [-0.4, -0.2) is 42.0 Å². The van der Waals surface area contributed by atoms with Crippen LogP contribution >= 0.6 is 0 Å². The molecule has 134 valence electrons. The molecule has 1 aromatic carbocycles. The van der Waals surface area contributed by atoms with Crippen molar-refractivity contribution in [3.8, 4) is 0 Å². The SMILES string of the molecule is O=C(c1ccccc1)N1CCN(c2ncc(C3CC3)cc2C2CC2)CC1. The molecule has 5 rings (SSSR count). The van der Waals surface area contributed by atoms with Gasteiger partial charge >= 0.3 is 0 Å². The fraction of sp³-hybridized carbons (Fsp3) is 0.455. The van der Waals surface area contributed by atoms with Gasteiger partial charge in [0.1, 0.15) is 5.82 Å². The van der Waals surface area contributed by atoms with Gasteiger partial charge < -0.3 is 9.80 Å². The average molecular weight is 347 g/mol. The molecule has 0 bridgehead atoms. The highest BCUT2D eigenvalue weighted by Crippen LogP contribution is 2.47. The summed E-state index contributed by atoms with van der Waals surface area (Å²) in [5, 5.41) is 0. The van der Waals surface area contributed by atoms with Crippen molar-refractivity contribution in [2.75, 3.05) is 31.1 Å². The van der Waals surface area contributed by atoms with Crippen LogP contribution in [0.2, 0.25) is 0 Å². The largest absolute Gasteiger partial charge is 0.353 e. The van der Waals surface area contributed by atoms with E-state index in [1.165, 1.54) is 42.6 Å². The Morgan fingerprint density at radius 2 is 1.62 bits per heavy atom. The molecule has 0 unspecified atom stereocenters. The molecule has 0 spiro atoms. The molecule has 4 heteroatoms. The predicted molar refractivity (Wildman–Crippen MR) is 103 cm³/mol. The first-order valence-corrected chi connectivity index (χ1v) is 9.89. The van der Waals surface area contributed by atoms with E-state index in [1.54, 1.807) is 0 Å². The number of hydrogen-bond acceptors (Lipinski definition) is 3. The molecule has 0 radical (unpaired) electrons. The van der Waals surface area contributed by atoms with Crippen LogP contribution < -0.4 is 4.90 Å². The average Bonchev–Trinajstić information content (AvgIpc) is 3.60. The number of piperazine rings is 1. The van der Waals surface area contributed by atoms with Crippen molar-refractivity contribution in [2.24, 2.45) is 0 Å². The standard InChI is InChI=1S/C22H25N3O/c26-22(18-4-2-1-3-5-18)25-12-10-24(11-13-25)21-20(17-8-9-17)14-19(15-23-21)16-6-7-16/h1-5,14-17H,6-13H2. The van der Waals surface area contributed by atoms with E-state index in [9.17, 15) is 4.79 Å². The van der Waals surface area contributed by atoms with E-state index in [0.29, 0.717) is 5.92 Å². The van der Waals surface area contributed by atoms with Crippen LogP contribution in [0.4, 0.5) is 5.82 Å². The molecular formula is C22H25N3O. The van der Waals surface area contributed by atoms with Crippen molar-refractivity contribution in [1.29, 1.82) is 0 Å². The lowest BCUT2D eigenvalue weighted by Crippen LogP contribution is -2.49. The molecule has 2 aromatic rings. The van der Waals surface area contributed by atoms with Crippen LogP contribution in [0.3, 0.4) is 0 Å². The van der Waals surface area contributed by atoms with E-state index in [2.05, 4.69) is 17.2 Å². The van der Waals surface area contributed by atoms with Gasteiger partial charge in [0.25, 0.3) is 5.91 Å². The molecule has 3 fully saturated rings. The van der Waals surface area contributed by atoms with Gasteiger partial charge in [-0.3, -0.25) is 4.79 Å². The van der Waals surface area contributed by atoms with Crippen molar-refractivity contribution >= 4 is 11.7 Å². The van der Waals surface area contributed by atoms with Gasteiger partial charge in [0.05, 0.1) is 0 Å². The molecule has 26 heavy (non-hydrogen) atoms. The monoisotopic (exact) mass is 347 g/mol. The van der Waals surface area contributed by atoms with Crippen LogP contribution in [0, 0.1) is 0 Å². The number of pyridine rings is 1. The lowest BCUT2D eigenvalue weighted by Gasteiger charge is -2.36. The zero-order valence-corrected chi connectivity index (χ0v) is 15.1. The summed E-state index contributed by atoms with van der Waals surface area (Å²) >= 11 is 0. The van der Waals surface area contributed by atoms with Crippen LogP contribution in [0.5, 0.6) is 0 Å². The maximum atomic E-state index is 12.6. The summed E-state index contributed by atoms with van der Waals surface area (Å²) in [6.45, 7) is 3.27. The zero-order valence-electron chi connectivity index (χ0n) is 15.1. The molecule has 2 heterocycles. The highest BCUT2D eigenvalue weighted by molar-refractivity contribution is 5.94. The number of anilines is 1. The summed E-state index contributed by atoms with van der Waals surface area (Å²) in [5.74, 6) is 2.78. The Kier molecular flexibility index (Phi) is 3.92. The van der Waals surface area contributed by atoms with E-state index < -0.39 is 0 Å². The number of benzene rings is 1. The second-order valence-corrected chi connectivity index (χ2v) is 7.88. The van der Waals surface area contributed by atoms with Crippen LogP contribution in [0.1, 0.15) is 59.0 Å². The second-order valence-electron chi connectivity index (χ2n) is 7.88. The summed E-state index contributed by atoms with van der Waals surface area (Å²) < 4.78 is 0. The van der Waals surface area contributed by atoms with Gasteiger partial charge in [-0.05, 0) is 60.8 Å². The smallest absolute Gasteiger partial charge is 0.253 e. The van der Waals surface area contributed by atoms with E-state index in [4.69, 9.17) is 4.98 Å². The third kappa shape index (κ3) is 3.09. The first-order valence-electron chi connectivity index (χ1n) is 9.89. The zero-order chi connectivity index (χ0) is 17.5. The Labute approximate surface area is 154 Å². The van der Waals surface area contributed by atoms with E-state index in [1.807, 2.05) is 35.2 Å². The molecule has 3 aliphatic rings. The molecule has 1 saturated heterocycles. The van der Waals surface area contributed by atoms with Gasteiger partial charge in [-0.1, -0.05) is 24.3 Å². The Balaban J connectivity index is 1.30. The number of hydrogen-bond donors (Lipinski definition) is 0. The predicted octanol–water partition coefficient (Wildman–Crippen LogP) is 3.80.